The topological polar surface area (TPSA) is 58.6 Å². The van der Waals surface area contributed by atoms with Crippen molar-refractivity contribution in [2.45, 2.75) is 65.4 Å². The normalized spacial score (nSPS) is 16.4. The van der Waals surface area contributed by atoms with Crippen molar-refractivity contribution >= 4 is 27.7 Å². The zero-order valence-corrected chi connectivity index (χ0v) is 15.9. The van der Waals surface area contributed by atoms with Gasteiger partial charge in [0.25, 0.3) is 0 Å². The summed E-state index contributed by atoms with van der Waals surface area (Å²) in [6.45, 7) is 14.6. The van der Waals surface area contributed by atoms with Crippen molar-refractivity contribution in [1.82, 2.24) is 5.32 Å². The molecule has 3 atom stereocenters. The van der Waals surface area contributed by atoms with Crippen molar-refractivity contribution in [2.24, 2.45) is 11.8 Å². The number of aliphatic hydroxyl groups excluding tert-OH is 1. The lowest BCUT2D eigenvalue weighted by molar-refractivity contribution is 0.100. The lowest BCUT2D eigenvalue weighted by atomic mass is 9.98. The van der Waals surface area contributed by atoms with Gasteiger partial charge in [-0.15, -0.1) is 0 Å². The van der Waals surface area contributed by atoms with E-state index in [-0.39, 0.29) is 16.7 Å². The standard InChI is InChI=1S/C15H31NO3S2/c1-10(2)8-19-14(18)16-13(11(3)12(4)17)9-20-21-15(5,6)7/h10-13,17H,8-9H2,1-7H3,(H,16,18). The molecule has 0 aliphatic carbocycles. The maximum absolute atomic E-state index is 11.8. The van der Waals surface area contributed by atoms with Gasteiger partial charge in [-0.1, -0.05) is 63.1 Å². The number of alkyl carbamates (subject to hydrolysis) is 1. The first-order valence-corrected chi connectivity index (χ1v) is 9.76. The third-order valence-corrected chi connectivity index (χ3v) is 6.18. The summed E-state index contributed by atoms with van der Waals surface area (Å²) in [5.74, 6) is 1.03. The summed E-state index contributed by atoms with van der Waals surface area (Å²) in [5, 5.41) is 12.7. The average molecular weight is 338 g/mol. The third kappa shape index (κ3) is 11.2. The van der Waals surface area contributed by atoms with Crippen LogP contribution in [0.15, 0.2) is 0 Å². The molecule has 0 aliphatic rings. The number of hydrogen-bond acceptors (Lipinski definition) is 5. The van der Waals surface area contributed by atoms with Gasteiger partial charge in [0.15, 0.2) is 0 Å². The first kappa shape index (κ1) is 20.9. The Bertz CT molecular complexity index is 304. The van der Waals surface area contributed by atoms with Crippen LogP contribution in [-0.2, 0) is 4.74 Å². The van der Waals surface area contributed by atoms with Gasteiger partial charge < -0.3 is 15.2 Å². The molecule has 0 aromatic carbocycles. The third-order valence-electron chi connectivity index (χ3n) is 2.80. The summed E-state index contributed by atoms with van der Waals surface area (Å²) >= 11 is 0. The number of carbonyl (C=O) groups is 1. The summed E-state index contributed by atoms with van der Waals surface area (Å²) in [6.07, 6.45) is -0.872. The smallest absolute Gasteiger partial charge is 0.407 e. The van der Waals surface area contributed by atoms with Crippen LogP contribution in [-0.4, -0.2) is 40.5 Å². The first-order valence-electron chi connectivity index (χ1n) is 7.45. The molecule has 0 bridgehead atoms. The highest BCUT2D eigenvalue weighted by Gasteiger charge is 2.25. The van der Waals surface area contributed by atoms with E-state index in [1.807, 2.05) is 20.8 Å². The molecule has 2 N–H and O–H groups in total. The van der Waals surface area contributed by atoms with E-state index in [1.54, 1.807) is 28.5 Å². The monoisotopic (exact) mass is 337 g/mol. The van der Waals surface area contributed by atoms with E-state index < -0.39 is 12.2 Å². The maximum atomic E-state index is 11.8. The first-order chi connectivity index (χ1) is 9.53. The largest absolute Gasteiger partial charge is 0.449 e. The van der Waals surface area contributed by atoms with E-state index in [2.05, 4.69) is 26.1 Å². The van der Waals surface area contributed by atoms with Crippen molar-refractivity contribution in [2.75, 3.05) is 12.4 Å². The number of carbonyl (C=O) groups excluding carboxylic acids is 1. The van der Waals surface area contributed by atoms with Gasteiger partial charge in [0.2, 0.25) is 0 Å². The molecule has 0 aliphatic heterocycles. The second-order valence-corrected chi connectivity index (χ2v) is 9.99. The predicted octanol–water partition coefficient (Wildman–Crippen LogP) is 3.93. The molecular formula is C15H31NO3S2. The molecule has 0 saturated carbocycles. The van der Waals surface area contributed by atoms with Gasteiger partial charge in [-0.05, 0) is 12.8 Å². The van der Waals surface area contributed by atoms with E-state index in [0.717, 1.165) is 5.75 Å². The van der Waals surface area contributed by atoms with Crippen LogP contribution < -0.4 is 5.32 Å². The predicted molar refractivity (Wildman–Crippen MR) is 93.8 cm³/mol. The second kappa shape index (κ2) is 9.85. The van der Waals surface area contributed by atoms with Crippen LogP contribution in [0.3, 0.4) is 0 Å². The summed E-state index contributed by atoms with van der Waals surface area (Å²) in [4.78, 5) is 11.8. The summed E-state index contributed by atoms with van der Waals surface area (Å²) < 4.78 is 5.33. The van der Waals surface area contributed by atoms with Gasteiger partial charge in [0.05, 0.1) is 12.7 Å². The van der Waals surface area contributed by atoms with E-state index >= 15 is 0 Å². The number of amides is 1. The summed E-state index contributed by atoms with van der Waals surface area (Å²) in [5.41, 5.74) is 0. The van der Waals surface area contributed by atoms with E-state index in [1.165, 1.54) is 0 Å². The van der Waals surface area contributed by atoms with Crippen molar-refractivity contribution in [1.29, 1.82) is 0 Å². The van der Waals surface area contributed by atoms with Crippen LogP contribution in [0.25, 0.3) is 0 Å². The number of hydrogen-bond donors (Lipinski definition) is 2. The number of aliphatic hydroxyl groups is 1. The Kier molecular flexibility index (Phi) is 9.81. The molecule has 0 rings (SSSR count). The van der Waals surface area contributed by atoms with E-state index in [9.17, 15) is 9.90 Å². The molecule has 0 aromatic heterocycles. The van der Waals surface area contributed by atoms with Crippen molar-refractivity contribution in [3.8, 4) is 0 Å². The van der Waals surface area contributed by atoms with Crippen molar-refractivity contribution in [3.63, 3.8) is 0 Å². The molecule has 0 fully saturated rings. The minimum atomic E-state index is -0.472. The molecule has 1 amide bonds. The molecule has 6 heteroatoms. The Morgan fingerprint density at radius 2 is 1.81 bits per heavy atom. The van der Waals surface area contributed by atoms with Gasteiger partial charge in [0.1, 0.15) is 0 Å². The summed E-state index contributed by atoms with van der Waals surface area (Å²) in [6, 6.07) is -0.107. The SMILES string of the molecule is CC(C)COC(=O)NC(CSSC(C)(C)C)C(C)C(C)O. The minimum absolute atomic E-state index is 0.0235. The molecule has 4 nitrogen and oxygen atoms in total. The Hall–Kier alpha value is -0.0700. The van der Waals surface area contributed by atoms with Crippen LogP contribution in [0, 0.1) is 11.8 Å². The van der Waals surface area contributed by atoms with Gasteiger partial charge >= 0.3 is 6.09 Å². The van der Waals surface area contributed by atoms with Gasteiger partial charge in [-0.3, -0.25) is 0 Å². The summed E-state index contributed by atoms with van der Waals surface area (Å²) in [7, 11) is 3.49. The molecule has 0 spiro atoms. The molecule has 21 heavy (non-hydrogen) atoms. The number of rotatable bonds is 8. The maximum Gasteiger partial charge on any atom is 0.407 e. The minimum Gasteiger partial charge on any atom is -0.449 e. The highest BCUT2D eigenvalue weighted by atomic mass is 33.1. The van der Waals surface area contributed by atoms with Crippen LogP contribution >= 0.6 is 21.6 Å². The van der Waals surface area contributed by atoms with Crippen molar-refractivity contribution < 1.29 is 14.6 Å². The van der Waals surface area contributed by atoms with Gasteiger partial charge in [-0.25, -0.2) is 4.79 Å². The lowest BCUT2D eigenvalue weighted by Crippen LogP contribution is -2.45. The quantitative estimate of drug-likeness (QED) is 0.657. The lowest BCUT2D eigenvalue weighted by Gasteiger charge is -2.27. The molecule has 126 valence electrons. The number of nitrogens with one attached hydrogen (secondary N) is 1. The van der Waals surface area contributed by atoms with Crippen LogP contribution in [0.2, 0.25) is 0 Å². The highest BCUT2D eigenvalue weighted by molar-refractivity contribution is 8.77. The number of ether oxygens (including phenoxy) is 1. The molecule has 0 heterocycles. The molecular weight excluding hydrogens is 306 g/mol. The Balaban J connectivity index is 4.42. The molecule has 3 unspecified atom stereocenters. The van der Waals surface area contributed by atoms with Gasteiger partial charge in [-0.2, -0.15) is 0 Å². The zero-order chi connectivity index (χ0) is 16.6. The Labute approximate surface area is 137 Å². The van der Waals surface area contributed by atoms with E-state index in [4.69, 9.17) is 4.74 Å². The molecule has 0 radical (unpaired) electrons. The highest BCUT2D eigenvalue weighted by Crippen LogP contribution is 2.36. The molecule has 0 saturated heterocycles. The van der Waals surface area contributed by atoms with E-state index in [0.29, 0.717) is 12.5 Å². The Morgan fingerprint density at radius 3 is 2.24 bits per heavy atom. The average Bonchev–Trinajstić information content (AvgIpc) is 2.32. The fraction of sp³-hybridized carbons (Fsp3) is 0.933. The zero-order valence-electron chi connectivity index (χ0n) is 14.3. The second-order valence-electron chi connectivity index (χ2n) is 6.82. The van der Waals surface area contributed by atoms with Crippen LogP contribution in [0.4, 0.5) is 4.79 Å². The fourth-order valence-electron chi connectivity index (χ4n) is 1.38. The Morgan fingerprint density at radius 1 is 1.24 bits per heavy atom. The van der Waals surface area contributed by atoms with Crippen molar-refractivity contribution in [3.05, 3.63) is 0 Å². The molecule has 0 aromatic rings. The fourth-order valence-corrected chi connectivity index (χ4v) is 4.04. The van der Waals surface area contributed by atoms with Crippen LogP contribution in [0.5, 0.6) is 0 Å². The van der Waals surface area contributed by atoms with Crippen LogP contribution in [0.1, 0.15) is 48.5 Å². The van der Waals surface area contributed by atoms with Gasteiger partial charge in [0, 0.05) is 22.5 Å².